The van der Waals surface area contributed by atoms with Crippen LogP contribution in [0.25, 0.3) is 0 Å². The maximum Gasteiger partial charge on any atom is 0.134 e. The van der Waals surface area contributed by atoms with Gasteiger partial charge in [0, 0.05) is 12.0 Å². The summed E-state index contributed by atoms with van der Waals surface area (Å²) in [6.07, 6.45) is -0.998. The Bertz CT molecular complexity index is 390. The lowest BCUT2D eigenvalue weighted by Gasteiger charge is -2.13. The van der Waals surface area contributed by atoms with Crippen molar-refractivity contribution in [2.24, 2.45) is 0 Å². The van der Waals surface area contributed by atoms with Crippen LogP contribution in [0, 0.1) is 6.92 Å². The Balaban J connectivity index is 2.37. The van der Waals surface area contributed by atoms with Gasteiger partial charge in [-0.1, -0.05) is 13.0 Å². The maximum absolute atomic E-state index is 13.5. The van der Waals surface area contributed by atoms with E-state index < -0.39 is 12.3 Å². The van der Waals surface area contributed by atoms with Crippen LogP contribution in [-0.2, 0) is 6.42 Å². The molecule has 0 heterocycles. The van der Waals surface area contributed by atoms with Crippen molar-refractivity contribution < 1.29 is 14.2 Å². The van der Waals surface area contributed by atoms with Crippen LogP contribution in [0.3, 0.4) is 0 Å². The number of aliphatic hydroxyl groups excluding tert-OH is 1. The summed E-state index contributed by atoms with van der Waals surface area (Å²) in [5.41, 5.74) is 2.50. The van der Waals surface area contributed by atoms with Crippen LogP contribution < -0.4 is 4.74 Å². The summed E-state index contributed by atoms with van der Waals surface area (Å²) in [6.45, 7) is 4.55. The molecule has 0 spiro atoms. The van der Waals surface area contributed by atoms with Crippen molar-refractivity contribution >= 4 is 0 Å². The lowest BCUT2D eigenvalue weighted by Crippen LogP contribution is -2.06. The zero-order valence-corrected chi connectivity index (χ0v) is 9.66. The van der Waals surface area contributed by atoms with Crippen molar-refractivity contribution in [3.05, 3.63) is 28.8 Å². The molecule has 0 radical (unpaired) electrons. The van der Waals surface area contributed by atoms with E-state index in [-0.39, 0.29) is 6.42 Å². The third kappa shape index (κ3) is 1.80. The van der Waals surface area contributed by atoms with Crippen LogP contribution in [0.2, 0.25) is 0 Å². The van der Waals surface area contributed by atoms with Gasteiger partial charge in [-0.15, -0.1) is 0 Å². The number of benzene rings is 1. The van der Waals surface area contributed by atoms with Crippen molar-refractivity contribution in [1.82, 2.24) is 0 Å². The molecule has 0 fully saturated rings. The average molecular weight is 224 g/mol. The molecule has 0 bridgehead atoms. The Morgan fingerprint density at radius 3 is 2.94 bits per heavy atom. The van der Waals surface area contributed by atoms with E-state index in [9.17, 15) is 9.50 Å². The Hall–Kier alpha value is -1.09. The van der Waals surface area contributed by atoms with Crippen molar-refractivity contribution in [1.29, 1.82) is 0 Å². The number of alkyl halides is 1. The van der Waals surface area contributed by atoms with Gasteiger partial charge < -0.3 is 9.84 Å². The normalized spacial score (nSPS) is 23.2. The molecule has 2 rings (SSSR count). The van der Waals surface area contributed by atoms with Crippen molar-refractivity contribution in [2.75, 3.05) is 6.61 Å². The summed E-state index contributed by atoms with van der Waals surface area (Å²) in [4.78, 5) is 0. The second-order valence-corrected chi connectivity index (χ2v) is 4.29. The van der Waals surface area contributed by atoms with E-state index in [0.717, 1.165) is 28.9 Å². The molecule has 1 aliphatic carbocycles. The topological polar surface area (TPSA) is 29.5 Å². The van der Waals surface area contributed by atoms with E-state index in [4.69, 9.17) is 4.74 Å². The molecular formula is C13H17FO2. The highest BCUT2D eigenvalue weighted by Gasteiger charge is 2.34. The summed E-state index contributed by atoms with van der Waals surface area (Å²) in [5, 5.41) is 9.75. The van der Waals surface area contributed by atoms with Gasteiger partial charge in [0.1, 0.15) is 18.0 Å². The number of rotatable bonds is 3. The number of aliphatic hydroxyl groups is 1. The third-order valence-electron chi connectivity index (χ3n) is 3.03. The maximum atomic E-state index is 13.5. The van der Waals surface area contributed by atoms with E-state index in [2.05, 4.69) is 0 Å². The van der Waals surface area contributed by atoms with Crippen LogP contribution >= 0.6 is 0 Å². The van der Waals surface area contributed by atoms with Crippen LogP contribution in [0.15, 0.2) is 12.1 Å². The zero-order chi connectivity index (χ0) is 11.7. The summed E-state index contributed by atoms with van der Waals surface area (Å²) < 4.78 is 19.1. The molecule has 1 aromatic carbocycles. The van der Waals surface area contributed by atoms with Crippen molar-refractivity contribution in [3.8, 4) is 5.75 Å². The average Bonchev–Trinajstić information content (AvgIpc) is 2.56. The molecule has 1 aliphatic rings. The molecule has 0 aromatic heterocycles. The summed E-state index contributed by atoms with van der Waals surface area (Å²) in [5.74, 6) is 0.724. The highest BCUT2D eigenvalue weighted by molar-refractivity contribution is 5.49. The molecule has 0 saturated heterocycles. The molecule has 16 heavy (non-hydrogen) atoms. The lowest BCUT2D eigenvalue weighted by molar-refractivity contribution is 0.0921. The molecule has 3 heteroatoms. The van der Waals surface area contributed by atoms with Gasteiger partial charge in [-0.05, 0) is 30.5 Å². The predicted octanol–water partition coefficient (Wildman–Crippen LogP) is 2.71. The molecule has 2 nitrogen and oxygen atoms in total. The van der Waals surface area contributed by atoms with Gasteiger partial charge in [-0.2, -0.15) is 0 Å². The SMILES string of the molecule is CCCOc1ccc(C)c2c1C[C@@H](F)[C@H]2O. The number of aryl methyl sites for hydroxylation is 1. The minimum Gasteiger partial charge on any atom is -0.493 e. The quantitative estimate of drug-likeness (QED) is 0.855. The second kappa shape index (κ2) is 4.42. The fourth-order valence-corrected chi connectivity index (χ4v) is 2.22. The fraction of sp³-hybridized carbons (Fsp3) is 0.538. The standard InChI is InChI=1S/C13H17FO2/c1-3-6-16-11-5-4-8(2)12-9(11)7-10(14)13(12)15/h4-5,10,13,15H,3,6-7H2,1-2H3/t10-,13-/m1/s1. The lowest BCUT2D eigenvalue weighted by atomic mass is 10.0. The number of ether oxygens (including phenoxy) is 1. The first-order valence-corrected chi connectivity index (χ1v) is 5.72. The minimum absolute atomic E-state index is 0.261. The third-order valence-corrected chi connectivity index (χ3v) is 3.03. The Labute approximate surface area is 95.1 Å². The molecule has 1 N–H and O–H groups in total. The Morgan fingerprint density at radius 2 is 2.25 bits per heavy atom. The van der Waals surface area contributed by atoms with Crippen LogP contribution in [-0.4, -0.2) is 17.9 Å². The number of hydrogen-bond acceptors (Lipinski definition) is 2. The van der Waals surface area contributed by atoms with Gasteiger partial charge in [0.05, 0.1) is 6.61 Å². The molecule has 2 atom stereocenters. The van der Waals surface area contributed by atoms with E-state index in [1.165, 1.54) is 0 Å². The fourth-order valence-electron chi connectivity index (χ4n) is 2.22. The molecular weight excluding hydrogens is 207 g/mol. The first-order valence-electron chi connectivity index (χ1n) is 5.72. The molecule has 0 aliphatic heterocycles. The van der Waals surface area contributed by atoms with E-state index >= 15 is 0 Å². The summed E-state index contributed by atoms with van der Waals surface area (Å²) in [6, 6.07) is 3.75. The van der Waals surface area contributed by atoms with Crippen LogP contribution in [0.5, 0.6) is 5.75 Å². The highest BCUT2D eigenvalue weighted by Crippen LogP contribution is 2.40. The van der Waals surface area contributed by atoms with Gasteiger partial charge in [0.25, 0.3) is 0 Å². The first-order chi connectivity index (χ1) is 7.65. The first kappa shape index (κ1) is 11.4. The molecule has 88 valence electrons. The zero-order valence-electron chi connectivity index (χ0n) is 9.66. The minimum atomic E-state index is -1.19. The number of halogens is 1. The second-order valence-electron chi connectivity index (χ2n) is 4.29. The Morgan fingerprint density at radius 1 is 1.50 bits per heavy atom. The summed E-state index contributed by atoms with van der Waals surface area (Å²) >= 11 is 0. The molecule has 0 saturated carbocycles. The monoisotopic (exact) mass is 224 g/mol. The number of hydrogen-bond donors (Lipinski definition) is 1. The van der Waals surface area contributed by atoms with Gasteiger partial charge in [0.15, 0.2) is 0 Å². The van der Waals surface area contributed by atoms with Crippen LogP contribution in [0.4, 0.5) is 4.39 Å². The number of fused-ring (bicyclic) bond motifs is 1. The van der Waals surface area contributed by atoms with E-state index in [1.807, 2.05) is 26.0 Å². The van der Waals surface area contributed by atoms with Gasteiger partial charge in [-0.25, -0.2) is 4.39 Å². The summed E-state index contributed by atoms with van der Waals surface area (Å²) in [7, 11) is 0. The van der Waals surface area contributed by atoms with E-state index in [1.54, 1.807) is 0 Å². The van der Waals surface area contributed by atoms with Crippen molar-refractivity contribution in [2.45, 2.75) is 39.0 Å². The van der Waals surface area contributed by atoms with Gasteiger partial charge >= 0.3 is 0 Å². The van der Waals surface area contributed by atoms with Crippen molar-refractivity contribution in [3.63, 3.8) is 0 Å². The molecule has 0 unspecified atom stereocenters. The predicted molar refractivity (Wildman–Crippen MR) is 60.5 cm³/mol. The molecule has 1 aromatic rings. The smallest absolute Gasteiger partial charge is 0.134 e. The Kier molecular flexibility index (Phi) is 3.15. The largest absolute Gasteiger partial charge is 0.493 e. The van der Waals surface area contributed by atoms with Crippen LogP contribution in [0.1, 0.15) is 36.1 Å². The molecule has 0 amide bonds. The highest BCUT2D eigenvalue weighted by atomic mass is 19.1. The van der Waals surface area contributed by atoms with Gasteiger partial charge in [-0.3, -0.25) is 0 Å². The van der Waals surface area contributed by atoms with Gasteiger partial charge in [0.2, 0.25) is 0 Å². The van der Waals surface area contributed by atoms with E-state index in [0.29, 0.717) is 6.61 Å².